The molecule has 5 heteroatoms. The summed E-state index contributed by atoms with van der Waals surface area (Å²) < 4.78 is 6.00. The molecule has 0 bridgehead atoms. The van der Waals surface area contributed by atoms with Crippen LogP contribution in [0.2, 0.25) is 0 Å². The van der Waals surface area contributed by atoms with Gasteiger partial charge in [-0.1, -0.05) is 17.7 Å². The topological polar surface area (TPSA) is 55.3 Å². The highest BCUT2D eigenvalue weighted by atomic mass is 16.5. The van der Waals surface area contributed by atoms with Crippen molar-refractivity contribution < 1.29 is 9.53 Å². The van der Waals surface area contributed by atoms with Gasteiger partial charge in [0, 0.05) is 37.3 Å². The normalized spacial score (nSPS) is 20.4. The summed E-state index contributed by atoms with van der Waals surface area (Å²) in [6.07, 6.45) is 7.48. The Morgan fingerprint density at radius 2 is 1.88 bits per heavy atom. The number of hydrogen-bond acceptors (Lipinski definition) is 4. The van der Waals surface area contributed by atoms with E-state index in [9.17, 15) is 4.79 Å². The third kappa shape index (κ3) is 3.65. The van der Waals surface area contributed by atoms with Crippen molar-refractivity contribution in [3.8, 4) is 11.6 Å². The third-order valence-corrected chi connectivity index (χ3v) is 4.97. The van der Waals surface area contributed by atoms with Crippen molar-refractivity contribution in [1.29, 1.82) is 0 Å². The highest BCUT2D eigenvalue weighted by molar-refractivity contribution is 5.81. The van der Waals surface area contributed by atoms with E-state index in [1.165, 1.54) is 5.56 Å². The number of likely N-dealkylation sites (tertiary alicyclic amines) is 1. The zero-order chi connectivity index (χ0) is 17.2. The van der Waals surface area contributed by atoms with Crippen LogP contribution in [0, 0.1) is 12.8 Å². The zero-order valence-electron chi connectivity index (χ0n) is 14.5. The summed E-state index contributed by atoms with van der Waals surface area (Å²) in [5.41, 5.74) is 2.05. The molecule has 1 amide bonds. The molecule has 1 saturated heterocycles. The summed E-state index contributed by atoms with van der Waals surface area (Å²) in [4.78, 5) is 23.4. The fraction of sp³-hybridized carbons (Fsp3) is 0.450. The quantitative estimate of drug-likeness (QED) is 0.854. The van der Waals surface area contributed by atoms with E-state index in [1.54, 1.807) is 12.4 Å². The van der Waals surface area contributed by atoms with E-state index >= 15 is 0 Å². The minimum Gasteiger partial charge on any atom is -0.437 e. The van der Waals surface area contributed by atoms with Crippen LogP contribution in [0.3, 0.4) is 0 Å². The smallest absolute Gasteiger partial charge is 0.241 e. The van der Waals surface area contributed by atoms with Gasteiger partial charge < -0.3 is 9.64 Å². The average molecular weight is 337 g/mol. The second-order valence-electron chi connectivity index (χ2n) is 7.06. The summed E-state index contributed by atoms with van der Waals surface area (Å²) in [5, 5.41) is 0. The molecule has 5 nitrogen and oxygen atoms in total. The summed E-state index contributed by atoms with van der Waals surface area (Å²) in [6, 6.07) is 7.92. The van der Waals surface area contributed by atoms with E-state index in [0.717, 1.165) is 50.2 Å². The van der Waals surface area contributed by atoms with Gasteiger partial charge in [-0.2, -0.15) is 0 Å². The minimum absolute atomic E-state index is 0.186. The molecule has 0 spiro atoms. The van der Waals surface area contributed by atoms with Gasteiger partial charge in [-0.3, -0.25) is 9.78 Å². The van der Waals surface area contributed by atoms with E-state index in [0.29, 0.717) is 11.8 Å². The molecule has 1 aliphatic carbocycles. The molecule has 2 fully saturated rings. The molecule has 2 aromatic rings. The number of carbonyl (C=O) groups excluding carboxylic acids is 1. The van der Waals surface area contributed by atoms with Gasteiger partial charge in [0.25, 0.3) is 0 Å². The molecule has 0 radical (unpaired) electrons. The van der Waals surface area contributed by atoms with Crippen LogP contribution in [-0.2, 0) is 4.79 Å². The van der Waals surface area contributed by atoms with Crippen LogP contribution in [0.1, 0.15) is 42.9 Å². The first-order chi connectivity index (χ1) is 12.2. The lowest BCUT2D eigenvalue weighted by molar-refractivity contribution is -0.133. The highest BCUT2D eigenvalue weighted by Crippen LogP contribution is 2.36. The maximum absolute atomic E-state index is 12.4. The molecular formula is C20H23N3O2. The van der Waals surface area contributed by atoms with Gasteiger partial charge >= 0.3 is 0 Å². The summed E-state index contributed by atoms with van der Waals surface area (Å²) in [6.45, 7) is 3.63. The van der Waals surface area contributed by atoms with E-state index in [4.69, 9.17) is 4.74 Å². The Morgan fingerprint density at radius 3 is 2.64 bits per heavy atom. The van der Waals surface area contributed by atoms with Crippen molar-refractivity contribution in [3.63, 3.8) is 0 Å². The van der Waals surface area contributed by atoms with Crippen molar-refractivity contribution in [2.75, 3.05) is 13.1 Å². The number of piperidine rings is 1. The van der Waals surface area contributed by atoms with Crippen LogP contribution < -0.4 is 4.74 Å². The number of rotatable bonds is 4. The maximum atomic E-state index is 12.4. The largest absolute Gasteiger partial charge is 0.437 e. The van der Waals surface area contributed by atoms with Crippen molar-refractivity contribution in [2.45, 2.75) is 38.5 Å². The molecule has 1 aliphatic heterocycles. The lowest BCUT2D eigenvalue weighted by Crippen LogP contribution is -2.40. The number of ether oxygens (including phenoxy) is 1. The molecule has 1 aromatic carbocycles. The second kappa shape index (κ2) is 6.82. The Hall–Kier alpha value is -2.43. The Labute approximate surface area is 148 Å². The molecular weight excluding hydrogens is 314 g/mol. The van der Waals surface area contributed by atoms with Crippen LogP contribution in [0.4, 0.5) is 0 Å². The molecule has 0 N–H and O–H groups in total. The van der Waals surface area contributed by atoms with Gasteiger partial charge in [0.15, 0.2) is 0 Å². The fourth-order valence-corrected chi connectivity index (χ4v) is 3.40. The van der Waals surface area contributed by atoms with E-state index in [2.05, 4.69) is 9.97 Å². The van der Waals surface area contributed by atoms with Crippen LogP contribution >= 0.6 is 0 Å². The molecule has 1 atom stereocenters. The Kier molecular flexibility index (Phi) is 4.38. The van der Waals surface area contributed by atoms with Gasteiger partial charge in [0.2, 0.25) is 11.8 Å². The molecule has 130 valence electrons. The monoisotopic (exact) mass is 337 g/mol. The van der Waals surface area contributed by atoms with Crippen molar-refractivity contribution in [1.82, 2.24) is 14.9 Å². The molecule has 2 aliphatic rings. The van der Waals surface area contributed by atoms with E-state index < -0.39 is 0 Å². The predicted molar refractivity (Wildman–Crippen MR) is 94.6 cm³/mol. The number of aryl methyl sites for hydroxylation is 1. The first kappa shape index (κ1) is 16.1. The second-order valence-corrected chi connectivity index (χ2v) is 7.06. The van der Waals surface area contributed by atoms with E-state index in [1.807, 2.05) is 36.1 Å². The van der Waals surface area contributed by atoms with Crippen LogP contribution in [0.5, 0.6) is 11.6 Å². The first-order valence-corrected chi connectivity index (χ1v) is 9.05. The fourth-order valence-electron chi connectivity index (χ4n) is 3.40. The molecule has 4 rings (SSSR count). The zero-order valence-corrected chi connectivity index (χ0v) is 14.5. The Balaban J connectivity index is 1.53. The van der Waals surface area contributed by atoms with Gasteiger partial charge in [0.05, 0.1) is 0 Å². The molecule has 0 unspecified atom stereocenters. The van der Waals surface area contributed by atoms with Gasteiger partial charge in [-0.25, -0.2) is 4.98 Å². The third-order valence-electron chi connectivity index (χ3n) is 4.97. The maximum Gasteiger partial charge on any atom is 0.241 e. The average Bonchev–Trinajstić information content (AvgIpc) is 3.49. The SMILES string of the molecule is Cc1ccc(Oc2nccnc2[C@@H]2CCCN(C(=O)C3CC3)C2)cc1. The molecule has 25 heavy (non-hydrogen) atoms. The van der Waals surface area contributed by atoms with Crippen LogP contribution in [-0.4, -0.2) is 33.9 Å². The number of benzene rings is 1. The van der Waals surface area contributed by atoms with Crippen molar-refractivity contribution in [3.05, 3.63) is 47.9 Å². The number of carbonyl (C=O) groups is 1. The molecule has 1 saturated carbocycles. The van der Waals surface area contributed by atoms with Gasteiger partial charge in [-0.05, 0) is 44.7 Å². The van der Waals surface area contributed by atoms with Crippen LogP contribution in [0.25, 0.3) is 0 Å². The minimum atomic E-state index is 0.186. The van der Waals surface area contributed by atoms with Crippen molar-refractivity contribution >= 4 is 5.91 Å². The van der Waals surface area contributed by atoms with Gasteiger partial charge in [0.1, 0.15) is 11.4 Å². The standard InChI is InChI=1S/C20H23N3O2/c1-14-4-8-17(9-5-14)25-19-18(21-10-11-22-19)16-3-2-12-23(13-16)20(24)15-6-7-15/h4-5,8-11,15-16H,2-3,6-7,12-13H2,1H3/t16-/m1/s1. The number of aromatic nitrogens is 2. The first-order valence-electron chi connectivity index (χ1n) is 9.05. The van der Waals surface area contributed by atoms with E-state index in [-0.39, 0.29) is 11.8 Å². The summed E-state index contributed by atoms with van der Waals surface area (Å²) in [5.74, 6) is 2.08. The highest BCUT2D eigenvalue weighted by Gasteiger charge is 2.36. The Bertz CT molecular complexity index is 756. The predicted octanol–water partition coefficient (Wildman–Crippen LogP) is 3.69. The Morgan fingerprint density at radius 1 is 1.12 bits per heavy atom. The number of nitrogens with zero attached hydrogens (tertiary/aromatic N) is 3. The number of hydrogen-bond donors (Lipinski definition) is 0. The number of amides is 1. The molecule has 1 aromatic heterocycles. The van der Waals surface area contributed by atoms with Crippen molar-refractivity contribution in [2.24, 2.45) is 5.92 Å². The summed E-state index contributed by atoms with van der Waals surface area (Å²) in [7, 11) is 0. The van der Waals surface area contributed by atoms with Gasteiger partial charge in [-0.15, -0.1) is 0 Å². The molecule has 2 heterocycles. The van der Waals surface area contributed by atoms with Crippen LogP contribution in [0.15, 0.2) is 36.7 Å². The lowest BCUT2D eigenvalue weighted by Gasteiger charge is -2.33. The summed E-state index contributed by atoms with van der Waals surface area (Å²) >= 11 is 0. The lowest BCUT2D eigenvalue weighted by atomic mass is 9.94.